The highest BCUT2D eigenvalue weighted by atomic mass is 19.1. The zero-order chi connectivity index (χ0) is 25.5. The molecule has 1 fully saturated rings. The van der Waals surface area contributed by atoms with Crippen molar-refractivity contribution >= 4 is 23.2 Å². The van der Waals surface area contributed by atoms with Gasteiger partial charge < -0.3 is 29.7 Å². The summed E-state index contributed by atoms with van der Waals surface area (Å²) in [4.78, 5) is 20.5. The van der Waals surface area contributed by atoms with Gasteiger partial charge in [0.1, 0.15) is 29.6 Å². The third kappa shape index (κ3) is 6.37. The summed E-state index contributed by atoms with van der Waals surface area (Å²) in [7, 11) is 0. The summed E-state index contributed by atoms with van der Waals surface area (Å²) in [6, 6.07) is 19.8. The summed E-state index contributed by atoms with van der Waals surface area (Å²) < 4.78 is 29.6. The van der Waals surface area contributed by atoms with Crippen LogP contribution in [0.2, 0.25) is 0 Å². The van der Waals surface area contributed by atoms with Gasteiger partial charge in [-0.2, -0.15) is 0 Å². The predicted octanol–water partition coefficient (Wildman–Crippen LogP) is 4.31. The minimum Gasteiger partial charge on any atom is -0.462 e. The van der Waals surface area contributed by atoms with Gasteiger partial charge in [0.2, 0.25) is 12.7 Å². The molecule has 2 N–H and O–H groups in total. The molecule has 0 bridgehead atoms. The lowest BCUT2D eigenvalue weighted by molar-refractivity contribution is -0.119. The second-order valence-electron chi connectivity index (χ2n) is 8.83. The van der Waals surface area contributed by atoms with Gasteiger partial charge in [-0.05, 0) is 41.8 Å². The third-order valence-corrected chi connectivity index (χ3v) is 6.27. The fraction of sp³-hybridized carbons (Fsp3) is 0.286. The first-order valence-corrected chi connectivity index (χ1v) is 12.3. The van der Waals surface area contributed by atoms with Gasteiger partial charge in [-0.3, -0.25) is 4.79 Å². The number of anilines is 3. The van der Waals surface area contributed by atoms with Gasteiger partial charge >= 0.3 is 0 Å². The first kappa shape index (κ1) is 24.6. The van der Waals surface area contributed by atoms with E-state index in [0.29, 0.717) is 62.4 Å². The molecule has 0 saturated carbocycles. The summed E-state index contributed by atoms with van der Waals surface area (Å²) in [6.45, 7) is 3.07. The Morgan fingerprint density at radius 1 is 1.00 bits per heavy atom. The van der Waals surface area contributed by atoms with Gasteiger partial charge in [-0.15, -0.1) is 0 Å². The first-order chi connectivity index (χ1) is 18.2. The summed E-state index contributed by atoms with van der Waals surface area (Å²) in [5.74, 6) is 0.784. The van der Waals surface area contributed by atoms with Crippen LogP contribution >= 0.6 is 0 Å². The maximum Gasteiger partial charge on any atom is 0.235 e. The Bertz CT molecular complexity index is 1230. The highest BCUT2D eigenvalue weighted by Crippen LogP contribution is 2.30. The minimum atomic E-state index is -0.557. The fourth-order valence-electron chi connectivity index (χ4n) is 4.28. The molecule has 37 heavy (non-hydrogen) atoms. The number of aromatic nitrogens is 1. The second kappa shape index (κ2) is 11.7. The van der Waals surface area contributed by atoms with Gasteiger partial charge in [0, 0.05) is 19.6 Å². The smallest absolute Gasteiger partial charge is 0.235 e. The van der Waals surface area contributed by atoms with Crippen molar-refractivity contribution in [3.05, 3.63) is 95.7 Å². The van der Waals surface area contributed by atoms with Crippen molar-refractivity contribution < 1.29 is 23.4 Å². The molecule has 3 aromatic rings. The number of amides is 1. The standard InChI is InChI=1S/C28H29FN4O4/c29-22-8-6-21(7-9-22)17-30-26-11-10-24(27(32-26)33-12-14-35-15-13-33)31-28(34)23(25-18-36-19-37-25)16-20-4-2-1-3-5-20/h1-11,18,23H,12-17,19H2,(H,30,32)(H,31,34). The molecule has 0 radical (unpaired) electrons. The first-order valence-electron chi connectivity index (χ1n) is 12.3. The molecule has 5 rings (SSSR count). The number of pyridine rings is 1. The summed E-state index contributed by atoms with van der Waals surface area (Å²) >= 11 is 0. The van der Waals surface area contributed by atoms with Crippen LogP contribution in [0.25, 0.3) is 0 Å². The van der Waals surface area contributed by atoms with Gasteiger partial charge in [0.15, 0.2) is 5.82 Å². The minimum absolute atomic E-state index is 0.100. The Balaban J connectivity index is 1.36. The van der Waals surface area contributed by atoms with E-state index in [4.69, 9.17) is 19.2 Å². The van der Waals surface area contributed by atoms with E-state index >= 15 is 0 Å². The lowest BCUT2D eigenvalue weighted by Gasteiger charge is -2.30. The second-order valence-corrected chi connectivity index (χ2v) is 8.83. The zero-order valence-corrected chi connectivity index (χ0v) is 20.4. The molecule has 1 amide bonds. The van der Waals surface area contributed by atoms with Crippen LogP contribution < -0.4 is 15.5 Å². The number of ether oxygens (including phenoxy) is 3. The maximum atomic E-state index is 13.6. The number of carbonyl (C=O) groups is 1. The lowest BCUT2D eigenvalue weighted by Crippen LogP contribution is -2.38. The molecule has 3 heterocycles. The Hall–Kier alpha value is -4.11. The SMILES string of the molecule is O=C(Nc1ccc(NCc2ccc(F)cc2)nc1N1CCOCC1)C(Cc1ccccc1)C1=COCO1. The molecule has 1 aromatic heterocycles. The molecule has 192 valence electrons. The van der Waals surface area contributed by atoms with Gasteiger partial charge in [0.25, 0.3) is 0 Å². The molecule has 2 aromatic carbocycles. The van der Waals surface area contributed by atoms with Crippen molar-refractivity contribution in [1.82, 2.24) is 4.98 Å². The average Bonchev–Trinajstić information content (AvgIpc) is 3.48. The number of rotatable bonds is 9. The molecular weight excluding hydrogens is 475 g/mol. The van der Waals surface area contributed by atoms with E-state index in [2.05, 4.69) is 15.5 Å². The highest BCUT2D eigenvalue weighted by molar-refractivity contribution is 5.97. The monoisotopic (exact) mass is 504 g/mol. The molecular formula is C28H29FN4O4. The summed E-state index contributed by atoms with van der Waals surface area (Å²) in [5, 5.41) is 6.37. The van der Waals surface area contributed by atoms with Crippen LogP contribution in [0.4, 0.5) is 21.7 Å². The molecule has 2 aliphatic heterocycles. The van der Waals surface area contributed by atoms with Gasteiger partial charge in [-0.1, -0.05) is 42.5 Å². The molecule has 0 aliphatic carbocycles. The molecule has 8 nitrogen and oxygen atoms in total. The lowest BCUT2D eigenvalue weighted by atomic mass is 9.96. The molecule has 1 atom stereocenters. The van der Waals surface area contributed by atoms with Crippen LogP contribution in [0.5, 0.6) is 0 Å². The third-order valence-electron chi connectivity index (χ3n) is 6.27. The Morgan fingerprint density at radius 2 is 1.78 bits per heavy atom. The van der Waals surface area contributed by atoms with Gasteiger partial charge in [-0.25, -0.2) is 9.37 Å². The molecule has 1 saturated heterocycles. The van der Waals surface area contributed by atoms with Crippen LogP contribution in [0.15, 0.2) is 78.8 Å². The highest BCUT2D eigenvalue weighted by Gasteiger charge is 2.29. The largest absolute Gasteiger partial charge is 0.462 e. The van der Waals surface area contributed by atoms with Crippen molar-refractivity contribution in [3.8, 4) is 0 Å². The quantitative estimate of drug-likeness (QED) is 0.449. The van der Waals surface area contributed by atoms with Crippen molar-refractivity contribution in [3.63, 3.8) is 0 Å². The Kier molecular flexibility index (Phi) is 7.81. The maximum absolute atomic E-state index is 13.6. The number of hydrogen-bond donors (Lipinski definition) is 2. The number of morpholine rings is 1. The average molecular weight is 505 g/mol. The van der Waals surface area contributed by atoms with E-state index in [1.165, 1.54) is 18.4 Å². The summed E-state index contributed by atoms with van der Waals surface area (Å²) in [5.41, 5.74) is 2.56. The number of hydrogen-bond acceptors (Lipinski definition) is 7. The molecule has 9 heteroatoms. The van der Waals surface area contributed by atoms with E-state index in [1.807, 2.05) is 42.5 Å². The topological polar surface area (TPSA) is 85.0 Å². The van der Waals surface area contributed by atoms with Gasteiger partial charge in [0.05, 0.1) is 18.9 Å². The zero-order valence-electron chi connectivity index (χ0n) is 20.4. The summed E-state index contributed by atoms with van der Waals surface area (Å²) in [6.07, 6.45) is 1.98. The molecule has 2 aliphatic rings. The molecule has 0 spiro atoms. The number of nitrogens with zero attached hydrogens (tertiary/aromatic N) is 2. The van der Waals surface area contributed by atoms with Crippen LogP contribution in [-0.4, -0.2) is 44.0 Å². The van der Waals surface area contributed by atoms with Crippen LogP contribution in [0.3, 0.4) is 0 Å². The number of carbonyl (C=O) groups excluding carboxylic acids is 1. The Morgan fingerprint density at radius 3 is 2.51 bits per heavy atom. The van der Waals surface area contributed by atoms with Crippen LogP contribution in [0.1, 0.15) is 11.1 Å². The van der Waals surface area contributed by atoms with E-state index in [1.54, 1.807) is 12.1 Å². The van der Waals surface area contributed by atoms with Crippen molar-refractivity contribution in [2.75, 3.05) is 48.6 Å². The number of nitrogens with one attached hydrogen (secondary N) is 2. The van der Waals surface area contributed by atoms with Crippen molar-refractivity contribution in [1.29, 1.82) is 0 Å². The van der Waals surface area contributed by atoms with E-state index in [0.717, 1.165) is 11.1 Å². The van der Waals surface area contributed by atoms with E-state index < -0.39 is 5.92 Å². The van der Waals surface area contributed by atoms with Crippen molar-refractivity contribution in [2.45, 2.75) is 13.0 Å². The molecule has 1 unspecified atom stereocenters. The number of benzene rings is 2. The van der Waals surface area contributed by atoms with Crippen LogP contribution in [-0.2, 0) is 32.0 Å². The van der Waals surface area contributed by atoms with E-state index in [-0.39, 0.29) is 18.5 Å². The van der Waals surface area contributed by atoms with E-state index in [9.17, 15) is 9.18 Å². The van der Waals surface area contributed by atoms with Crippen molar-refractivity contribution in [2.24, 2.45) is 5.92 Å². The fourth-order valence-corrected chi connectivity index (χ4v) is 4.28. The predicted molar refractivity (Wildman–Crippen MR) is 138 cm³/mol. The number of halogens is 1. The Labute approximate surface area is 215 Å². The normalized spacial score (nSPS) is 15.8. The van der Waals surface area contributed by atoms with Crippen LogP contribution in [0, 0.1) is 11.7 Å².